The molecule has 3 heteroatoms. The summed E-state index contributed by atoms with van der Waals surface area (Å²) in [6.45, 7) is 3.44. The lowest BCUT2D eigenvalue weighted by molar-refractivity contribution is -0.0697. The van der Waals surface area contributed by atoms with Crippen molar-refractivity contribution in [1.82, 2.24) is 5.32 Å². The molecule has 0 aromatic rings. The number of thioether (sulfide) groups is 1. The zero-order valence-corrected chi connectivity index (χ0v) is 13.9. The molecule has 2 saturated heterocycles. The normalized spacial score (nSPS) is 36.8. The van der Waals surface area contributed by atoms with Gasteiger partial charge in [-0.2, -0.15) is 11.8 Å². The first kappa shape index (κ1) is 15.2. The average molecular weight is 298 g/mol. The van der Waals surface area contributed by atoms with Crippen LogP contribution in [0.5, 0.6) is 0 Å². The first-order chi connectivity index (χ1) is 9.81. The molecule has 1 saturated carbocycles. The van der Waals surface area contributed by atoms with Crippen LogP contribution in [0.15, 0.2) is 0 Å². The highest BCUT2D eigenvalue weighted by Crippen LogP contribution is 2.44. The number of ether oxygens (including phenoxy) is 1. The molecule has 20 heavy (non-hydrogen) atoms. The van der Waals surface area contributed by atoms with E-state index in [0.29, 0.717) is 11.7 Å². The SMILES string of the molecule is CCCNC1CSCC1CC1CCC2(CCCCC2)O1. The molecule has 3 aliphatic rings. The lowest BCUT2D eigenvalue weighted by atomic mass is 9.83. The maximum Gasteiger partial charge on any atom is 0.0687 e. The van der Waals surface area contributed by atoms with E-state index >= 15 is 0 Å². The Hall–Kier alpha value is 0.270. The highest BCUT2D eigenvalue weighted by Gasteiger charge is 2.42. The summed E-state index contributed by atoms with van der Waals surface area (Å²) in [7, 11) is 0. The molecule has 116 valence electrons. The average Bonchev–Trinajstić information content (AvgIpc) is 3.06. The van der Waals surface area contributed by atoms with E-state index in [9.17, 15) is 0 Å². The lowest BCUT2D eigenvalue weighted by Crippen LogP contribution is -2.38. The van der Waals surface area contributed by atoms with Gasteiger partial charge in [0.1, 0.15) is 0 Å². The van der Waals surface area contributed by atoms with Gasteiger partial charge in [0.2, 0.25) is 0 Å². The Morgan fingerprint density at radius 3 is 2.80 bits per heavy atom. The van der Waals surface area contributed by atoms with Crippen LogP contribution in [0.3, 0.4) is 0 Å². The van der Waals surface area contributed by atoms with Crippen molar-refractivity contribution in [2.75, 3.05) is 18.1 Å². The molecule has 1 N–H and O–H groups in total. The van der Waals surface area contributed by atoms with E-state index < -0.39 is 0 Å². The van der Waals surface area contributed by atoms with Gasteiger partial charge in [0.15, 0.2) is 0 Å². The fourth-order valence-corrected chi connectivity index (χ4v) is 5.80. The van der Waals surface area contributed by atoms with Crippen LogP contribution in [-0.4, -0.2) is 35.8 Å². The van der Waals surface area contributed by atoms with Crippen LogP contribution in [0.4, 0.5) is 0 Å². The van der Waals surface area contributed by atoms with E-state index in [4.69, 9.17) is 4.74 Å². The van der Waals surface area contributed by atoms with Crippen molar-refractivity contribution in [1.29, 1.82) is 0 Å². The lowest BCUT2D eigenvalue weighted by Gasteiger charge is -2.34. The Balaban J connectivity index is 1.48. The summed E-state index contributed by atoms with van der Waals surface area (Å²) in [5.41, 5.74) is 0.307. The third-order valence-corrected chi connectivity index (χ3v) is 6.78. The largest absolute Gasteiger partial charge is 0.372 e. The van der Waals surface area contributed by atoms with Gasteiger partial charge in [-0.1, -0.05) is 26.2 Å². The van der Waals surface area contributed by atoms with Crippen molar-refractivity contribution < 1.29 is 4.74 Å². The highest BCUT2D eigenvalue weighted by molar-refractivity contribution is 7.99. The molecule has 1 aliphatic carbocycles. The number of hydrogen-bond donors (Lipinski definition) is 1. The zero-order valence-electron chi connectivity index (χ0n) is 13.0. The Morgan fingerprint density at radius 2 is 2.00 bits per heavy atom. The van der Waals surface area contributed by atoms with E-state index in [0.717, 1.165) is 12.0 Å². The molecular weight excluding hydrogens is 266 g/mol. The summed E-state index contributed by atoms with van der Waals surface area (Å²) in [5, 5.41) is 3.75. The fraction of sp³-hybridized carbons (Fsp3) is 1.00. The Morgan fingerprint density at radius 1 is 1.15 bits per heavy atom. The molecule has 0 bridgehead atoms. The van der Waals surface area contributed by atoms with Gasteiger partial charge in [-0.15, -0.1) is 0 Å². The number of hydrogen-bond acceptors (Lipinski definition) is 3. The van der Waals surface area contributed by atoms with Crippen molar-refractivity contribution in [2.24, 2.45) is 5.92 Å². The summed E-state index contributed by atoms with van der Waals surface area (Å²) in [4.78, 5) is 0. The smallest absolute Gasteiger partial charge is 0.0687 e. The maximum absolute atomic E-state index is 6.57. The maximum atomic E-state index is 6.57. The topological polar surface area (TPSA) is 21.3 Å². The second-order valence-corrected chi connectivity index (χ2v) is 8.19. The summed E-state index contributed by atoms with van der Waals surface area (Å²) in [6.07, 6.45) is 12.7. The second kappa shape index (κ2) is 7.02. The van der Waals surface area contributed by atoms with Crippen molar-refractivity contribution in [2.45, 2.75) is 82.5 Å². The predicted molar refractivity (Wildman–Crippen MR) is 87.4 cm³/mol. The van der Waals surface area contributed by atoms with Crippen LogP contribution in [0.1, 0.15) is 64.7 Å². The third kappa shape index (κ3) is 3.53. The monoisotopic (exact) mass is 297 g/mol. The minimum Gasteiger partial charge on any atom is -0.372 e. The van der Waals surface area contributed by atoms with E-state index in [1.165, 1.54) is 75.8 Å². The molecule has 3 fully saturated rings. The van der Waals surface area contributed by atoms with Crippen molar-refractivity contribution >= 4 is 11.8 Å². The summed E-state index contributed by atoms with van der Waals surface area (Å²) >= 11 is 2.13. The standard InChI is InChI=1S/C17H31NOS/c1-2-10-18-16-13-20-12-14(16)11-15-6-9-17(19-15)7-4-3-5-8-17/h14-16,18H,2-13H2,1H3. The molecule has 0 radical (unpaired) electrons. The molecule has 0 aromatic heterocycles. The summed E-state index contributed by atoms with van der Waals surface area (Å²) in [5.74, 6) is 3.49. The molecule has 1 spiro atoms. The Bertz CT molecular complexity index is 303. The van der Waals surface area contributed by atoms with Gasteiger partial charge in [-0.25, -0.2) is 0 Å². The third-order valence-electron chi connectivity index (χ3n) is 5.52. The van der Waals surface area contributed by atoms with Crippen molar-refractivity contribution in [3.63, 3.8) is 0 Å². The Labute approximate surface area is 128 Å². The zero-order chi connectivity index (χ0) is 13.8. The van der Waals surface area contributed by atoms with Gasteiger partial charge in [0.05, 0.1) is 11.7 Å². The van der Waals surface area contributed by atoms with Gasteiger partial charge >= 0.3 is 0 Å². The quantitative estimate of drug-likeness (QED) is 0.829. The molecular formula is C17H31NOS. The van der Waals surface area contributed by atoms with Crippen LogP contribution < -0.4 is 5.32 Å². The number of rotatable bonds is 5. The van der Waals surface area contributed by atoms with E-state index in [-0.39, 0.29) is 0 Å². The number of nitrogens with one attached hydrogen (secondary N) is 1. The fourth-order valence-electron chi connectivity index (χ4n) is 4.35. The molecule has 2 heterocycles. The van der Waals surface area contributed by atoms with Crippen LogP contribution in [0, 0.1) is 5.92 Å². The van der Waals surface area contributed by atoms with Gasteiger partial charge in [-0.3, -0.25) is 0 Å². The van der Waals surface area contributed by atoms with E-state index in [2.05, 4.69) is 24.0 Å². The van der Waals surface area contributed by atoms with E-state index in [1.54, 1.807) is 0 Å². The Kier molecular flexibility index (Phi) is 5.33. The molecule has 3 rings (SSSR count). The molecule has 2 nitrogen and oxygen atoms in total. The highest BCUT2D eigenvalue weighted by atomic mass is 32.2. The van der Waals surface area contributed by atoms with Crippen LogP contribution >= 0.6 is 11.8 Å². The van der Waals surface area contributed by atoms with Crippen LogP contribution in [-0.2, 0) is 4.74 Å². The molecule has 0 aromatic carbocycles. The van der Waals surface area contributed by atoms with Gasteiger partial charge < -0.3 is 10.1 Å². The van der Waals surface area contributed by atoms with Crippen LogP contribution in [0.2, 0.25) is 0 Å². The minimum absolute atomic E-state index is 0.307. The van der Waals surface area contributed by atoms with Gasteiger partial charge in [-0.05, 0) is 56.7 Å². The van der Waals surface area contributed by atoms with Crippen LogP contribution in [0.25, 0.3) is 0 Å². The molecule has 3 unspecified atom stereocenters. The minimum atomic E-state index is 0.307. The van der Waals surface area contributed by atoms with Gasteiger partial charge in [0.25, 0.3) is 0 Å². The van der Waals surface area contributed by atoms with Crippen molar-refractivity contribution in [3.8, 4) is 0 Å². The second-order valence-electron chi connectivity index (χ2n) is 7.12. The van der Waals surface area contributed by atoms with Crippen molar-refractivity contribution in [3.05, 3.63) is 0 Å². The summed E-state index contributed by atoms with van der Waals surface area (Å²) < 4.78 is 6.57. The van der Waals surface area contributed by atoms with Gasteiger partial charge in [0, 0.05) is 11.8 Å². The molecule has 3 atom stereocenters. The molecule has 2 aliphatic heterocycles. The predicted octanol–water partition coefficient (Wildman–Crippen LogP) is 3.99. The summed E-state index contributed by atoms with van der Waals surface area (Å²) in [6, 6.07) is 0.742. The molecule has 0 amide bonds. The first-order valence-electron chi connectivity index (χ1n) is 8.80. The van der Waals surface area contributed by atoms with E-state index in [1.807, 2.05) is 0 Å². The first-order valence-corrected chi connectivity index (χ1v) is 9.96.